The molecule has 9 nitrogen and oxygen atoms in total. The Morgan fingerprint density at radius 1 is 0.865 bits per heavy atom. The lowest BCUT2D eigenvalue weighted by Crippen LogP contribution is -2.21. The molecular weight excluding hydrogens is 469 g/mol. The molecule has 0 fully saturated rings. The van der Waals surface area contributed by atoms with Crippen molar-refractivity contribution in [3.8, 4) is 11.5 Å². The van der Waals surface area contributed by atoms with E-state index in [1.807, 2.05) is 75.5 Å². The van der Waals surface area contributed by atoms with Gasteiger partial charge < -0.3 is 5.32 Å². The van der Waals surface area contributed by atoms with Crippen LogP contribution in [0.4, 0.5) is 10.3 Å². The molecule has 1 aliphatic rings. The van der Waals surface area contributed by atoms with E-state index in [4.69, 9.17) is 5.10 Å². The third-order valence-electron chi connectivity index (χ3n) is 6.53. The maximum atomic E-state index is 13.6. The molecule has 0 saturated heterocycles. The van der Waals surface area contributed by atoms with Crippen LogP contribution in [-0.2, 0) is 0 Å². The Morgan fingerprint density at radius 3 is 2.49 bits per heavy atom. The number of para-hydroxylation sites is 2. The highest BCUT2D eigenvalue weighted by molar-refractivity contribution is 5.79. The standard InChI is InChI=1S/C27H20FN9/c1-17-25(24-15-22(18-11-13-19(28)14-12-18)30-27-32-29-16-35(24)27)26(36(33-17)20-7-3-2-4-8-20)37-23-10-6-5-9-21(23)31-34-37/h2-16,24H,1H3,(H,30,32). The maximum Gasteiger partial charge on any atom is 0.229 e. The Hall–Kier alpha value is -5.12. The molecule has 4 heterocycles. The second kappa shape index (κ2) is 8.23. The van der Waals surface area contributed by atoms with E-state index in [2.05, 4.69) is 31.9 Å². The fourth-order valence-corrected chi connectivity index (χ4v) is 4.81. The van der Waals surface area contributed by atoms with Crippen LogP contribution in [0.3, 0.4) is 0 Å². The highest BCUT2D eigenvalue weighted by Gasteiger charge is 2.31. The summed E-state index contributed by atoms with van der Waals surface area (Å²) in [5.41, 5.74) is 5.91. The van der Waals surface area contributed by atoms with Crippen LogP contribution in [-0.4, -0.2) is 39.5 Å². The molecule has 0 bridgehead atoms. The summed E-state index contributed by atoms with van der Waals surface area (Å²) < 4.78 is 19.3. The summed E-state index contributed by atoms with van der Waals surface area (Å²) in [6.45, 7) is 1.98. The van der Waals surface area contributed by atoms with Crippen molar-refractivity contribution in [1.29, 1.82) is 0 Å². The van der Waals surface area contributed by atoms with Crippen LogP contribution in [0.15, 0.2) is 91.3 Å². The van der Waals surface area contributed by atoms with Gasteiger partial charge in [0.2, 0.25) is 5.95 Å². The third-order valence-corrected chi connectivity index (χ3v) is 6.53. The van der Waals surface area contributed by atoms with Crippen molar-refractivity contribution in [1.82, 2.24) is 39.5 Å². The normalized spacial score (nSPS) is 14.9. The monoisotopic (exact) mass is 489 g/mol. The quantitative estimate of drug-likeness (QED) is 0.386. The number of aromatic nitrogens is 8. The topological polar surface area (TPSA) is 91.3 Å². The first-order valence-electron chi connectivity index (χ1n) is 11.8. The van der Waals surface area contributed by atoms with Crippen LogP contribution >= 0.6 is 0 Å². The van der Waals surface area contributed by atoms with Gasteiger partial charge in [-0.3, -0.25) is 4.57 Å². The Balaban J connectivity index is 1.50. The summed E-state index contributed by atoms with van der Waals surface area (Å²) >= 11 is 0. The minimum absolute atomic E-state index is 0.291. The summed E-state index contributed by atoms with van der Waals surface area (Å²) in [4.78, 5) is 0. The molecule has 180 valence electrons. The Morgan fingerprint density at radius 2 is 1.65 bits per heavy atom. The van der Waals surface area contributed by atoms with E-state index in [-0.39, 0.29) is 11.9 Å². The van der Waals surface area contributed by atoms with Gasteiger partial charge in [0, 0.05) is 11.3 Å². The van der Waals surface area contributed by atoms with Gasteiger partial charge >= 0.3 is 0 Å². The molecule has 6 aromatic rings. The Bertz CT molecular complexity index is 1780. The van der Waals surface area contributed by atoms with Gasteiger partial charge in [0.15, 0.2) is 5.82 Å². The van der Waals surface area contributed by atoms with Crippen molar-refractivity contribution < 1.29 is 4.39 Å². The molecule has 1 aliphatic heterocycles. The zero-order valence-corrected chi connectivity index (χ0v) is 19.7. The second-order valence-electron chi connectivity index (χ2n) is 8.78. The van der Waals surface area contributed by atoms with Crippen LogP contribution < -0.4 is 5.32 Å². The van der Waals surface area contributed by atoms with Gasteiger partial charge in [-0.05, 0) is 67.1 Å². The predicted molar refractivity (Wildman–Crippen MR) is 137 cm³/mol. The molecule has 1 N–H and O–H groups in total. The van der Waals surface area contributed by atoms with Crippen molar-refractivity contribution in [2.75, 3.05) is 5.32 Å². The number of fused-ring (bicyclic) bond motifs is 2. The van der Waals surface area contributed by atoms with E-state index in [0.717, 1.165) is 45.1 Å². The van der Waals surface area contributed by atoms with Crippen molar-refractivity contribution in [2.24, 2.45) is 0 Å². The summed E-state index contributed by atoms with van der Waals surface area (Å²) in [5.74, 6) is 1.05. The SMILES string of the molecule is Cc1nn(-c2ccccc2)c(-n2nnc3ccccc32)c1C1C=C(c2ccc(F)cc2)Nc2nncn21. The van der Waals surface area contributed by atoms with Gasteiger partial charge in [0.25, 0.3) is 0 Å². The lowest BCUT2D eigenvalue weighted by molar-refractivity contribution is 0.627. The highest BCUT2D eigenvalue weighted by atomic mass is 19.1. The fourth-order valence-electron chi connectivity index (χ4n) is 4.81. The molecule has 0 aliphatic carbocycles. The third kappa shape index (κ3) is 3.41. The average Bonchev–Trinajstić information content (AvgIpc) is 3.66. The van der Waals surface area contributed by atoms with Gasteiger partial charge in [0.1, 0.15) is 17.7 Å². The maximum absolute atomic E-state index is 13.6. The van der Waals surface area contributed by atoms with Crippen LogP contribution in [0.25, 0.3) is 28.2 Å². The number of benzene rings is 3. The number of hydrogen-bond donors (Lipinski definition) is 1. The van der Waals surface area contributed by atoms with E-state index in [0.29, 0.717) is 5.95 Å². The highest BCUT2D eigenvalue weighted by Crippen LogP contribution is 2.38. The minimum atomic E-state index is -0.318. The Labute approximate surface area is 210 Å². The van der Waals surface area contributed by atoms with E-state index in [1.165, 1.54) is 12.1 Å². The van der Waals surface area contributed by atoms with Gasteiger partial charge in [-0.2, -0.15) is 9.78 Å². The molecule has 0 radical (unpaired) electrons. The summed E-state index contributed by atoms with van der Waals surface area (Å²) in [7, 11) is 0. The number of nitrogens with one attached hydrogen (secondary N) is 1. The van der Waals surface area contributed by atoms with Gasteiger partial charge in [-0.1, -0.05) is 35.5 Å². The molecule has 1 unspecified atom stereocenters. The molecule has 0 amide bonds. The predicted octanol–water partition coefficient (Wildman–Crippen LogP) is 4.70. The number of allylic oxidation sites excluding steroid dienone is 1. The molecule has 3 aromatic carbocycles. The van der Waals surface area contributed by atoms with Crippen molar-refractivity contribution in [3.05, 3.63) is 114 Å². The number of nitrogens with zero attached hydrogens (tertiary/aromatic N) is 8. The molecular formula is C27H20FN9. The van der Waals surface area contributed by atoms with E-state index >= 15 is 0 Å². The minimum Gasteiger partial charge on any atom is -0.324 e. The van der Waals surface area contributed by atoms with Crippen LogP contribution in [0.2, 0.25) is 0 Å². The summed E-state index contributed by atoms with van der Waals surface area (Å²) in [6, 6.07) is 23.8. The first-order chi connectivity index (χ1) is 18.2. The number of rotatable bonds is 4. The lowest BCUT2D eigenvalue weighted by atomic mass is 10.0. The van der Waals surface area contributed by atoms with Crippen molar-refractivity contribution >= 4 is 22.7 Å². The largest absolute Gasteiger partial charge is 0.324 e. The number of anilines is 1. The van der Waals surface area contributed by atoms with Crippen LogP contribution in [0.5, 0.6) is 0 Å². The van der Waals surface area contributed by atoms with Gasteiger partial charge in [-0.25, -0.2) is 9.07 Å². The zero-order valence-electron chi connectivity index (χ0n) is 19.7. The summed E-state index contributed by atoms with van der Waals surface area (Å²) in [6.07, 6.45) is 3.76. The smallest absolute Gasteiger partial charge is 0.229 e. The van der Waals surface area contributed by atoms with E-state index in [1.54, 1.807) is 18.5 Å². The van der Waals surface area contributed by atoms with Crippen molar-refractivity contribution in [3.63, 3.8) is 0 Å². The molecule has 0 saturated carbocycles. The van der Waals surface area contributed by atoms with Gasteiger partial charge in [-0.15, -0.1) is 15.3 Å². The second-order valence-corrected chi connectivity index (χ2v) is 8.78. The Kier molecular flexibility index (Phi) is 4.71. The van der Waals surface area contributed by atoms with E-state index < -0.39 is 0 Å². The molecule has 1 atom stereocenters. The molecule has 37 heavy (non-hydrogen) atoms. The number of aryl methyl sites for hydroxylation is 1. The molecule has 0 spiro atoms. The zero-order chi connectivity index (χ0) is 24.9. The van der Waals surface area contributed by atoms with Crippen LogP contribution in [0, 0.1) is 12.7 Å². The molecule has 3 aromatic heterocycles. The van der Waals surface area contributed by atoms with Crippen LogP contribution in [0.1, 0.15) is 22.9 Å². The number of hydrogen-bond acceptors (Lipinski definition) is 6. The lowest BCUT2D eigenvalue weighted by Gasteiger charge is -2.25. The summed E-state index contributed by atoms with van der Waals surface area (Å²) in [5, 5.41) is 25.7. The average molecular weight is 490 g/mol. The van der Waals surface area contributed by atoms with E-state index in [9.17, 15) is 4.39 Å². The van der Waals surface area contributed by atoms with Crippen molar-refractivity contribution in [2.45, 2.75) is 13.0 Å². The molecule has 7 rings (SSSR count). The number of halogens is 1. The first-order valence-corrected chi connectivity index (χ1v) is 11.8. The molecule has 10 heteroatoms. The first kappa shape index (κ1) is 21.2. The van der Waals surface area contributed by atoms with Gasteiger partial charge in [0.05, 0.1) is 22.9 Å². The fraction of sp³-hybridized carbons (Fsp3) is 0.0741.